The molecule has 0 fully saturated rings. The lowest BCUT2D eigenvalue weighted by molar-refractivity contribution is 0.145. The molecule has 68 valence electrons. The van der Waals surface area contributed by atoms with Crippen LogP contribution in [0.3, 0.4) is 0 Å². The van der Waals surface area contributed by atoms with Crippen LogP contribution in [0.4, 0.5) is 8.78 Å². The first-order chi connectivity index (χ1) is 6.06. The summed E-state index contributed by atoms with van der Waals surface area (Å²) in [6.45, 7) is 0. The molecule has 13 heavy (non-hydrogen) atoms. The van der Waals surface area contributed by atoms with Gasteiger partial charge in [-0.15, -0.1) is 0 Å². The molecule has 1 heterocycles. The van der Waals surface area contributed by atoms with Gasteiger partial charge >= 0.3 is 0 Å². The maximum atomic E-state index is 12.3. The standard InChI is InChI=1S/C7H2ClF2IN2/c8-4-1-3(2-12)5(6(9)10)13-7(4)11/h1,6H. The van der Waals surface area contributed by atoms with Crippen molar-refractivity contribution in [3.63, 3.8) is 0 Å². The lowest BCUT2D eigenvalue weighted by atomic mass is 10.2. The third kappa shape index (κ3) is 2.25. The van der Waals surface area contributed by atoms with E-state index in [-0.39, 0.29) is 14.3 Å². The first-order valence-corrected chi connectivity index (χ1v) is 4.56. The quantitative estimate of drug-likeness (QED) is 0.590. The zero-order valence-electron chi connectivity index (χ0n) is 6.06. The fourth-order valence-electron chi connectivity index (χ4n) is 0.735. The van der Waals surface area contributed by atoms with Gasteiger partial charge < -0.3 is 0 Å². The van der Waals surface area contributed by atoms with E-state index in [0.717, 1.165) is 0 Å². The Labute approximate surface area is 91.7 Å². The Hall–Kier alpha value is -0.480. The number of rotatable bonds is 1. The summed E-state index contributed by atoms with van der Waals surface area (Å²) < 4.78 is 24.8. The fraction of sp³-hybridized carbons (Fsp3) is 0.143. The van der Waals surface area contributed by atoms with E-state index in [2.05, 4.69) is 4.98 Å². The van der Waals surface area contributed by atoms with Crippen LogP contribution in [-0.4, -0.2) is 4.98 Å². The molecule has 0 aliphatic carbocycles. The molecule has 0 N–H and O–H groups in total. The molecule has 2 nitrogen and oxygen atoms in total. The number of halogens is 4. The summed E-state index contributed by atoms with van der Waals surface area (Å²) in [5.74, 6) is 0. The van der Waals surface area contributed by atoms with Gasteiger partial charge in [0.1, 0.15) is 15.5 Å². The molecule has 0 atom stereocenters. The van der Waals surface area contributed by atoms with Crippen LogP contribution in [0.5, 0.6) is 0 Å². The average Bonchev–Trinajstić information content (AvgIpc) is 2.08. The number of aromatic nitrogens is 1. The van der Waals surface area contributed by atoms with E-state index < -0.39 is 12.1 Å². The van der Waals surface area contributed by atoms with Gasteiger partial charge in [0.25, 0.3) is 6.43 Å². The minimum absolute atomic E-state index is 0.180. The molecule has 0 radical (unpaired) electrons. The van der Waals surface area contributed by atoms with Crippen molar-refractivity contribution in [1.82, 2.24) is 4.98 Å². The van der Waals surface area contributed by atoms with Crippen LogP contribution in [0, 0.1) is 15.0 Å². The van der Waals surface area contributed by atoms with Gasteiger partial charge in [-0.25, -0.2) is 13.8 Å². The summed E-state index contributed by atoms with van der Waals surface area (Å²) >= 11 is 7.33. The van der Waals surface area contributed by atoms with Crippen molar-refractivity contribution in [2.45, 2.75) is 6.43 Å². The Balaban J connectivity index is 3.35. The smallest absolute Gasteiger partial charge is 0.238 e. The molecule has 0 saturated carbocycles. The lowest BCUT2D eigenvalue weighted by Gasteiger charge is -2.03. The number of hydrogen-bond donors (Lipinski definition) is 0. The number of hydrogen-bond acceptors (Lipinski definition) is 2. The van der Waals surface area contributed by atoms with Gasteiger partial charge in [0.15, 0.2) is 0 Å². The Kier molecular flexibility index (Phi) is 3.39. The molecule has 1 aromatic heterocycles. The summed E-state index contributed by atoms with van der Waals surface area (Å²) in [6.07, 6.45) is -2.75. The molecule has 1 rings (SSSR count). The van der Waals surface area contributed by atoms with Crippen LogP contribution in [-0.2, 0) is 0 Å². The monoisotopic (exact) mass is 314 g/mol. The molecule has 0 aliphatic heterocycles. The van der Waals surface area contributed by atoms with Crippen molar-refractivity contribution < 1.29 is 8.78 Å². The summed E-state index contributed by atoms with van der Waals surface area (Å²) in [7, 11) is 0. The van der Waals surface area contributed by atoms with Crippen LogP contribution in [0.2, 0.25) is 5.02 Å². The molecule has 0 saturated heterocycles. The first-order valence-electron chi connectivity index (χ1n) is 3.10. The average molecular weight is 314 g/mol. The normalized spacial score (nSPS) is 10.2. The number of alkyl halides is 2. The van der Waals surface area contributed by atoms with Gasteiger partial charge in [-0.05, 0) is 28.7 Å². The van der Waals surface area contributed by atoms with Crippen molar-refractivity contribution in [3.05, 3.63) is 26.0 Å². The molecule has 0 aliphatic rings. The van der Waals surface area contributed by atoms with E-state index in [0.29, 0.717) is 0 Å². The van der Waals surface area contributed by atoms with Crippen molar-refractivity contribution in [3.8, 4) is 6.07 Å². The second kappa shape index (κ2) is 4.15. The van der Waals surface area contributed by atoms with E-state index in [9.17, 15) is 8.78 Å². The molecule has 1 aromatic rings. The molecule has 0 aromatic carbocycles. The number of nitrogens with zero attached hydrogens (tertiary/aromatic N) is 2. The minimum Gasteiger partial charge on any atom is -0.238 e. The van der Waals surface area contributed by atoms with Gasteiger partial charge in [-0.3, -0.25) is 0 Å². The van der Waals surface area contributed by atoms with Crippen molar-refractivity contribution in [2.24, 2.45) is 0 Å². The lowest BCUT2D eigenvalue weighted by Crippen LogP contribution is -1.97. The van der Waals surface area contributed by atoms with Gasteiger partial charge in [0.2, 0.25) is 0 Å². The van der Waals surface area contributed by atoms with Crippen molar-refractivity contribution in [1.29, 1.82) is 5.26 Å². The van der Waals surface area contributed by atoms with Gasteiger partial charge in [-0.1, -0.05) is 11.6 Å². The van der Waals surface area contributed by atoms with Crippen LogP contribution in [0.25, 0.3) is 0 Å². The van der Waals surface area contributed by atoms with Crippen molar-refractivity contribution in [2.75, 3.05) is 0 Å². The van der Waals surface area contributed by atoms with Gasteiger partial charge in [0.05, 0.1) is 10.6 Å². The largest absolute Gasteiger partial charge is 0.281 e. The van der Waals surface area contributed by atoms with Crippen LogP contribution >= 0.6 is 34.2 Å². The summed E-state index contributed by atoms with van der Waals surface area (Å²) in [5.41, 5.74) is -0.697. The Bertz CT molecular complexity index is 375. The summed E-state index contributed by atoms with van der Waals surface area (Å²) in [5, 5.41) is 8.71. The third-order valence-corrected chi connectivity index (χ3v) is 2.72. The Morgan fingerprint density at radius 1 is 1.62 bits per heavy atom. The highest BCUT2D eigenvalue weighted by Gasteiger charge is 2.16. The first kappa shape index (κ1) is 10.6. The molecular weight excluding hydrogens is 312 g/mol. The second-order valence-electron chi connectivity index (χ2n) is 2.11. The van der Waals surface area contributed by atoms with E-state index in [1.165, 1.54) is 6.07 Å². The molecule has 0 bridgehead atoms. The van der Waals surface area contributed by atoms with Gasteiger partial charge in [0, 0.05) is 0 Å². The maximum Gasteiger partial charge on any atom is 0.281 e. The topological polar surface area (TPSA) is 36.7 Å². The Morgan fingerprint density at radius 2 is 2.23 bits per heavy atom. The number of nitriles is 1. The van der Waals surface area contributed by atoms with Crippen LogP contribution in [0.15, 0.2) is 6.07 Å². The highest BCUT2D eigenvalue weighted by molar-refractivity contribution is 14.1. The minimum atomic E-state index is -2.75. The molecule has 0 spiro atoms. The van der Waals surface area contributed by atoms with Crippen LogP contribution < -0.4 is 0 Å². The molecule has 6 heteroatoms. The summed E-state index contributed by atoms with van der Waals surface area (Å²) in [6, 6.07) is 2.81. The SMILES string of the molecule is N#Cc1cc(Cl)c(I)nc1C(F)F. The fourth-order valence-corrected chi connectivity index (χ4v) is 1.30. The second-order valence-corrected chi connectivity index (χ2v) is 3.54. The van der Waals surface area contributed by atoms with E-state index in [1.807, 2.05) is 0 Å². The zero-order chi connectivity index (χ0) is 10.0. The molecule has 0 amide bonds. The summed E-state index contributed by atoms with van der Waals surface area (Å²) in [4.78, 5) is 3.53. The molecular formula is C7H2ClF2IN2. The highest BCUT2D eigenvalue weighted by Crippen LogP contribution is 2.25. The predicted octanol–water partition coefficient (Wildman–Crippen LogP) is 3.15. The Morgan fingerprint density at radius 3 is 2.69 bits per heavy atom. The highest BCUT2D eigenvalue weighted by atomic mass is 127. The van der Waals surface area contributed by atoms with Crippen LogP contribution in [0.1, 0.15) is 17.7 Å². The predicted molar refractivity (Wildman–Crippen MR) is 51.6 cm³/mol. The third-order valence-electron chi connectivity index (χ3n) is 1.29. The van der Waals surface area contributed by atoms with E-state index >= 15 is 0 Å². The van der Waals surface area contributed by atoms with E-state index in [4.69, 9.17) is 16.9 Å². The van der Waals surface area contributed by atoms with Crippen molar-refractivity contribution >= 4 is 34.2 Å². The van der Waals surface area contributed by atoms with Gasteiger partial charge in [-0.2, -0.15) is 5.26 Å². The number of pyridine rings is 1. The zero-order valence-corrected chi connectivity index (χ0v) is 8.97. The van der Waals surface area contributed by atoms with E-state index in [1.54, 1.807) is 28.7 Å². The maximum absolute atomic E-state index is 12.3. The molecule has 0 unspecified atom stereocenters.